The molecule has 172 valence electrons. The van der Waals surface area contributed by atoms with Gasteiger partial charge in [-0.2, -0.15) is 0 Å². The van der Waals surface area contributed by atoms with E-state index >= 15 is 0 Å². The van der Waals surface area contributed by atoms with Gasteiger partial charge in [0, 0.05) is 6.54 Å². The number of nitrogens with one attached hydrogen (secondary N) is 2. The maximum absolute atomic E-state index is 13.0. The number of methoxy groups -OCH3 is 1. The molecule has 0 fully saturated rings. The van der Waals surface area contributed by atoms with Crippen molar-refractivity contribution in [3.63, 3.8) is 0 Å². The van der Waals surface area contributed by atoms with E-state index in [0.717, 1.165) is 10.5 Å². The van der Waals surface area contributed by atoms with Gasteiger partial charge >= 0.3 is 12.1 Å². The first-order valence-corrected chi connectivity index (χ1v) is 9.77. The van der Waals surface area contributed by atoms with Crippen LogP contribution in [0.25, 0.3) is 0 Å². The quantitative estimate of drug-likeness (QED) is 0.483. The van der Waals surface area contributed by atoms with Crippen LogP contribution in [0.4, 0.5) is 4.79 Å². The minimum Gasteiger partial charge on any atom is -0.468 e. The Hall–Kier alpha value is -3.14. The first-order valence-electron chi connectivity index (χ1n) is 9.77. The van der Waals surface area contributed by atoms with Crippen molar-refractivity contribution in [3.05, 3.63) is 35.4 Å². The molecule has 0 aromatic heterocycles. The molecule has 3 N–H and O–H groups in total. The third kappa shape index (κ3) is 8.63. The Kier molecular flexibility index (Phi) is 9.94. The van der Waals surface area contributed by atoms with Gasteiger partial charge in [-0.3, -0.25) is 14.4 Å². The van der Waals surface area contributed by atoms with E-state index < -0.39 is 48.7 Å². The molecule has 0 saturated carbocycles. The molecule has 1 atom stereocenters. The second-order valence-corrected chi connectivity index (χ2v) is 7.72. The summed E-state index contributed by atoms with van der Waals surface area (Å²) in [7, 11) is 1.19. The highest BCUT2D eigenvalue weighted by Gasteiger charge is 2.32. The zero-order valence-electron chi connectivity index (χ0n) is 18.6. The van der Waals surface area contributed by atoms with Crippen LogP contribution in [-0.2, 0) is 23.9 Å². The maximum Gasteiger partial charge on any atom is 0.408 e. The van der Waals surface area contributed by atoms with Crippen molar-refractivity contribution in [2.45, 2.75) is 39.3 Å². The van der Waals surface area contributed by atoms with Gasteiger partial charge in [-0.25, -0.2) is 4.79 Å². The van der Waals surface area contributed by atoms with E-state index in [0.29, 0.717) is 5.56 Å². The Morgan fingerprint density at radius 2 is 1.74 bits per heavy atom. The van der Waals surface area contributed by atoms with Gasteiger partial charge in [0.05, 0.1) is 13.7 Å². The minimum absolute atomic E-state index is 0.167. The highest BCUT2D eigenvalue weighted by Crippen LogP contribution is 2.24. The summed E-state index contributed by atoms with van der Waals surface area (Å²) in [5.74, 6) is -1.89. The predicted octanol–water partition coefficient (Wildman–Crippen LogP) is 0.671. The fourth-order valence-corrected chi connectivity index (χ4v) is 2.74. The minimum atomic E-state index is -1.13. The molecule has 1 aromatic rings. The van der Waals surface area contributed by atoms with Crippen LogP contribution in [0.1, 0.15) is 37.9 Å². The standard InChI is InChI=1S/C21H31N3O7/c1-14-8-6-7-9-15(14)18(19(28)22-13-17(27)30-5)24(10-11-25)16(26)12-23-20(29)31-21(2,3)4/h6-9,18,25H,10-13H2,1-5H3,(H,22,28)(H,23,29). The van der Waals surface area contributed by atoms with Crippen molar-refractivity contribution in [2.75, 3.05) is 33.4 Å². The van der Waals surface area contributed by atoms with Gasteiger partial charge in [0.1, 0.15) is 24.7 Å². The third-order valence-electron chi connectivity index (χ3n) is 4.12. The van der Waals surface area contributed by atoms with E-state index in [-0.39, 0.29) is 13.1 Å². The number of aliphatic hydroxyl groups is 1. The molecule has 0 heterocycles. The molecule has 31 heavy (non-hydrogen) atoms. The molecule has 1 rings (SSSR count). The molecule has 0 bridgehead atoms. The number of amides is 3. The topological polar surface area (TPSA) is 134 Å². The predicted molar refractivity (Wildman–Crippen MR) is 112 cm³/mol. The normalized spacial score (nSPS) is 11.8. The number of aryl methyl sites for hydroxylation is 1. The van der Waals surface area contributed by atoms with Crippen LogP contribution in [-0.4, -0.2) is 72.8 Å². The van der Waals surface area contributed by atoms with Crippen molar-refractivity contribution >= 4 is 23.9 Å². The van der Waals surface area contributed by atoms with Crippen LogP contribution in [0.5, 0.6) is 0 Å². The summed E-state index contributed by atoms with van der Waals surface area (Å²) in [6.07, 6.45) is -0.785. The molecule has 0 radical (unpaired) electrons. The van der Waals surface area contributed by atoms with Crippen molar-refractivity contribution in [1.29, 1.82) is 0 Å². The average molecular weight is 437 g/mol. The molecular weight excluding hydrogens is 406 g/mol. The molecule has 1 unspecified atom stereocenters. The van der Waals surface area contributed by atoms with Gasteiger partial charge in [-0.15, -0.1) is 0 Å². The van der Waals surface area contributed by atoms with E-state index in [1.54, 1.807) is 52.0 Å². The van der Waals surface area contributed by atoms with Crippen LogP contribution in [0, 0.1) is 6.92 Å². The fraction of sp³-hybridized carbons (Fsp3) is 0.524. The smallest absolute Gasteiger partial charge is 0.408 e. The lowest BCUT2D eigenvalue weighted by molar-refractivity contribution is -0.144. The third-order valence-corrected chi connectivity index (χ3v) is 4.12. The Bertz CT molecular complexity index is 789. The lowest BCUT2D eigenvalue weighted by Gasteiger charge is -2.32. The Balaban J connectivity index is 3.13. The number of hydrogen-bond acceptors (Lipinski definition) is 7. The number of esters is 1. The first-order chi connectivity index (χ1) is 14.5. The highest BCUT2D eigenvalue weighted by molar-refractivity contribution is 5.92. The zero-order valence-corrected chi connectivity index (χ0v) is 18.6. The number of ether oxygens (including phenoxy) is 2. The molecule has 1 aromatic carbocycles. The number of benzene rings is 1. The van der Waals surface area contributed by atoms with E-state index in [2.05, 4.69) is 15.4 Å². The molecule has 0 aliphatic rings. The van der Waals surface area contributed by atoms with Crippen molar-refractivity contribution in [2.24, 2.45) is 0 Å². The number of carbonyl (C=O) groups excluding carboxylic acids is 4. The fourth-order valence-electron chi connectivity index (χ4n) is 2.74. The van der Waals surface area contributed by atoms with Gasteiger partial charge in [-0.1, -0.05) is 24.3 Å². The number of alkyl carbamates (subject to hydrolysis) is 1. The maximum atomic E-state index is 13.0. The van der Waals surface area contributed by atoms with Gasteiger partial charge in [0.25, 0.3) is 0 Å². The number of rotatable bonds is 9. The highest BCUT2D eigenvalue weighted by atomic mass is 16.6. The van der Waals surface area contributed by atoms with Crippen LogP contribution in [0.2, 0.25) is 0 Å². The van der Waals surface area contributed by atoms with Gasteiger partial charge in [-0.05, 0) is 38.8 Å². The Labute approximate surface area is 181 Å². The van der Waals surface area contributed by atoms with Gasteiger partial charge in [0.2, 0.25) is 11.8 Å². The Morgan fingerprint density at radius 3 is 2.29 bits per heavy atom. The molecule has 0 aliphatic carbocycles. The number of nitrogens with zero attached hydrogens (tertiary/aromatic N) is 1. The SMILES string of the molecule is COC(=O)CNC(=O)C(c1ccccc1C)N(CCO)C(=O)CNC(=O)OC(C)(C)C. The van der Waals surface area contributed by atoms with E-state index in [9.17, 15) is 24.3 Å². The summed E-state index contributed by atoms with van der Waals surface area (Å²) in [5.41, 5.74) is 0.510. The average Bonchev–Trinajstić information content (AvgIpc) is 2.69. The van der Waals surface area contributed by atoms with Crippen LogP contribution in [0.3, 0.4) is 0 Å². The first kappa shape index (κ1) is 25.9. The molecule has 0 aliphatic heterocycles. The van der Waals surface area contributed by atoms with E-state index in [4.69, 9.17) is 4.74 Å². The molecule has 10 heteroatoms. The van der Waals surface area contributed by atoms with Crippen molar-refractivity contribution < 1.29 is 33.8 Å². The van der Waals surface area contributed by atoms with Gasteiger partial charge < -0.3 is 30.1 Å². The van der Waals surface area contributed by atoms with Gasteiger partial charge in [0.15, 0.2) is 0 Å². The number of aliphatic hydroxyl groups excluding tert-OH is 1. The van der Waals surface area contributed by atoms with E-state index in [1.165, 1.54) is 7.11 Å². The molecule has 0 spiro atoms. The van der Waals surface area contributed by atoms with Crippen molar-refractivity contribution in [3.8, 4) is 0 Å². The largest absolute Gasteiger partial charge is 0.468 e. The summed E-state index contributed by atoms with van der Waals surface area (Å²) in [6.45, 7) is 5.43. The second-order valence-electron chi connectivity index (χ2n) is 7.72. The second kappa shape index (κ2) is 11.9. The summed E-state index contributed by atoms with van der Waals surface area (Å²) in [4.78, 5) is 50.3. The molecule has 10 nitrogen and oxygen atoms in total. The molecule has 0 saturated heterocycles. The Morgan fingerprint density at radius 1 is 1.10 bits per heavy atom. The summed E-state index contributed by atoms with van der Waals surface area (Å²) < 4.78 is 9.65. The summed E-state index contributed by atoms with van der Waals surface area (Å²) in [6, 6.07) is 5.81. The summed E-state index contributed by atoms with van der Waals surface area (Å²) in [5, 5.41) is 14.3. The zero-order chi connectivity index (χ0) is 23.6. The van der Waals surface area contributed by atoms with Crippen LogP contribution in [0.15, 0.2) is 24.3 Å². The van der Waals surface area contributed by atoms with Crippen molar-refractivity contribution in [1.82, 2.24) is 15.5 Å². The molecule has 3 amide bonds. The van der Waals surface area contributed by atoms with Crippen LogP contribution < -0.4 is 10.6 Å². The summed E-state index contributed by atoms with van der Waals surface area (Å²) >= 11 is 0. The number of carbonyl (C=O) groups is 4. The van der Waals surface area contributed by atoms with E-state index in [1.807, 2.05) is 0 Å². The van der Waals surface area contributed by atoms with Crippen LogP contribution >= 0.6 is 0 Å². The monoisotopic (exact) mass is 437 g/mol. The lowest BCUT2D eigenvalue weighted by Crippen LogP contribution is -2.49. The lowest BCUT2D eigenvalue weighted by atomic mass is 9.98. The number of hydrogen-bond donors (Lipinski definition) is 3. The molecular formula is C21H31N3O7.